The quantitative estimate of drug-likeness (QED) is 0.277. The van der Waals surface area contributed by atoms with Crippen molar-refractivity contribution in [1.82, 2.24) is 4.98 Å². The molecule has 2 aromatic heterocycles. The fourth-order valence-corrected chi connectivity index (χ4v) is 9.68. The minimum atomic E-state index is -3.02. The summed E-state index contributed by atoms with van der Waals surface area (Å²) in [5.41, 5.74) is -13.6. The number of hydrogen-bond acceptors (Lipinski definition) is 21. The molecule has 1 spiro atoms. The van der Waals surface area contributed by atoms with Crippen LogP contribution in [-0.4, -0.2) is 135 Å². The lowest BCUT2D eigenvalue weighted by Crippen LogP contribution is -2.89. The highest BCUT2D eigenvalue weighted by molar-refractivity contribution is 5.92. The van der Waals surface area contributed by atoms with Crippen LogP contribution in [0.3, 0.4) is 0 Å². The number of aliphatic hydroxyl groups is 2. The molecule has 21 heteroatoms. The van der Waals surface area contributed by atoms with Gasteiger partial charge in [-0.2, -0.15) is 0 Å². The van der Waals surface area contributed by atoms with Gasteiger partial charge in [0.1, 0.15) is 42.0 Å². The Balaban J connectivity index is 1.81. The number of carbonyl (C=O) groups is 8. The zero-order chi connectivity index (χ0) is 45.9. The van der Waals surface area contributed by atoms with Crippen molar-refractivity contribution in [2.45, 2.75) is 127 Å². The first-order valence-corrected chi connectivity index (χ1v) is 19.4. The molecular formula is C41H47NO20. The summed E-state index contributed by atoms with van der Waals surface area (Å²) in [6.07, 6.45) is -9.42. The Kier molecular flexibility index (Phi) is 11.8. The molecule has 336 valence electrons. The Morgan fingerprint density at radius 1 is 0.806 bits per heavy atom. The van der Waals surface area contributed by atoms with Gasteiger partial charge in [-0.15, -0.1) is 0 Å². The predicted molar refractivity (Wildman–Crippen MR) is 199 cm³/mol. The molecule has 1 saturated heterocycles. The maximum Gasteiger partial charge on any atom is 0.374 e. The number of esters is 8. The summed E-state index contributed by atoms with van der Waals surface area (Å²) in [5, 5.41) is 25.7. The summed E-state index contributed by atoms with van der Waals surface area (Å²) < 4.78 is 59.8. The standard InChI is InChI=1S/C41H47NO20/c1-18-24-12-13-42-15-25(24)34(48)55-16-37(7)27-28(56-20(3)44)32(58-22(5)46)40(17-54-19(2)43)33(59-23(6)47)29(60-35(49)26-11-10-14-53-26)31(61-36(50)38(18,8)51)39(9,52)41(40,62-37)30(27)57-21(4)45/h10-15,18,27-33,51-52H,16-17H2,1-9H3. The normalized spacial score (nSPS) is 37.3. The number of carbonyl (C=O) groups excluding carboxylic acids is 8. The highest BCUT2D eigenvalue weighted by Crippen LogP contribution is 2.70. The van der Waals surface area contributed by atoms with Crippen LogP contribution in [0.1, 0.15) is 94.7 Å². The van der Waals surface area contributed by atoms with Crippen LogP contribution in [-0.2, 0) is 71.4 Å². The summed E-state index contributed by atoms with van der Waals surface area (Å²) in [6, 6.07) is 3.85. The van der Waals surface area contributed by atoms with Gasteiger partial charge in [0.2, 0.25) is 5.76 Å². The predicted octanol–water partition coefficient (Wildman–Crippen LogP) is 1.04. The van der Waals surface area contributed by atoms with Crippen molar-refractivity contribution in [1.29, 1.82) is 0 Å². The van der Waals surface area contributed by atoms with Crippen LogP contribution in [0.2, 0.25) is 0 Å². The fraction of sp³-hybridized carbons (Fsp3) is 0.585. The van der Waals surface area contributed by atoms with Crippen molar-refractivity contribution in [2.75, 3.05) is 13.2 Å². The lowest BCUT2D eigenvalue weighted by Gasteiger charge is -2.67. The number of hydrogen-bond donors (Lipinski definition) is 2. The number of pyridine rings is 1. The summed E-state index contributed by atoms with van der Waals surface area (Å²) in [5.74, 6) is -12.7. The van der Waals surface area contributed by atoms with E-state index >= 15 is 0 Å². The van der Waals surface area contributed by atoms with Crippen LogP contribution in [0.25, 0.3) is 0 Å². The largest absolute Gasteiger partial charge is 0.465 e. The molecule has 0 aromatic carbocycles. The molecule has 3 fully saturated rings. The summed E-state index contributed by atoms with van der Waals surface area (Å²) >= 11 is 0. The lowest BCUT2D eigenvalue weighted by atomic mass is 9.45. The van der Waals surface area contributed by atoms with Gasteiger partial charge in [0.15, 0.2) is 35.6 Å². The monoisotopic (exact) mass is 873 g/mol. The van der Waals surface area contributed by atoms with E-state index in [0.717, 1.165) is 60.9 Å². The van der Waals surface area contributed by atoms with E-state index in [2.05, 4.69) is 4.98 Å². The summed E-state index contributed by atoms with van der Waals surface area (Å²) in [7, 11) is 0. The van der Waals surface area contributed by atoms with Crippen LogP contribution in [0.15, 0.2) is 41.3 Å². The lowest BCUT2D eigenvalue weighted by molar-refractivity contribution is -0.386. The molecule has 13 atom stereocenters. The minimum absolute atomic E-state index is 0.0385. The van der Waals surface area contributed by atoms with Crippen molar-refractivity contribution in [3.8, 4) is 0 Å². The molecule has 4 aliphatic rings. The molecule has 0 radical (unpaired) electrons. The Morgan fingerprint density at radius 2 is 1.40 bits per heavy atom. The molecular weight excluding hydrogens is 826 g/mol. The number of nitrogens with zero attached hydrogens (tertiary/aromatic N) is 1. The van der Waals surface area contributed by atoms with Crippen molar-refractivity contribution in [3.63, 3.8) is 0 Å². The molecule has 21 nitrogen and oxygen atoms in total. The Hall–Kier alpha value is -5.93. The van der Waals surface area contributed by atoms with Gasteiger partial charge in [-0.05, 0) is 44.5 Å². The molecule has 2 saturated carbocycles. The second-order valence-electron chi connectivity index (χ2n) is 16.4. The van der Waals surface area contributed by atoms with E-state index in [0.29, 0.717) is 0 Å². The van der Waals surface area contributed by atoms with Gasteiger partial charge in [-0.3, -0.25) is 29.0 Å². The number of cyclic esters (lactones) is 1. The molecule has 2 aliphatic carbocycles. The highest BCUT2D eigenvalue weighted by Gasteiger charge is 2.92. The zero-order valence-electron chi connectivity index (χ0n) is 35.2. The van der Waals surface area contributed by atoms with Crippen molar-refractivity contribution in [3.05, 3.63) is 53.7 Å². The first-order valence-electron chi connectivity index (χ1n) is 19.4. The third kappa shape index (κ3) is 7.14. The van der Waals surface area contributed by atoms with Crippen molar-refractivity contribution >= 4 is 47.8 Å². The van der Waals surface area contributed by atoms with E-state index in [1.54, 1.807) is 0 Å². The van der Waals surface area contributed by atoms with Crippen LogP contribution in [0.4, 0.5) is 0 Å². The minimum Gasteiger partial charge on any atom is -0.465 e. The summed E-state index contributed by atoms with van der Waals surface area (Å²) in [6.45, 7) is 7.54. The average Bonchev–Trinajstić information content (AvgIpc) is 3.79. The SMILES string of the molecule is CC(=O)OCC12C(OC(C)=O)C(OC(C)=O)C3C(OC(C)=O)C14OC3(C)COC(=O)c1cnccc1C(C)C(C)(O)C(=O)OC(C(OC(=O)c1ccco1)C2OC(C)=O)C4(C)O. The topological polar surface area (TPSA) is 286 Å². The maximum atomic E-state index is 14.6. The number of furan rings is 1. The molecule has 6 rings (SSSR count). The van der Waals surface area contributed by atoms with Crippen LogP contribution < -0.4 is 0 Å². The van der Waals surface area contributed by atoms with E-state index in [4.69, 9.17) is 47.0 Å². The maximum absolute atomic E-state index is 14.6. The molecule has 13 unspecified atom stereocenters. The Bertz CT molecular complexity index is 2170. The van der Waals surface area contributed by atoms with Crippen LogP contribution in [0, 0.1) is 11.3 Å². The molecule has 4 bridgehead atoms. The van der Waals surface area contributed by atoms with Crippen LogP contribution >= 0.6 is 0 Å². The number of ether oxygens (including phenoxy) is 9. The molecule has 2 aliphatic heterocycles. The summed E-state index contributed by atoms with van der Waals surface area (Å²) in [4.78, 5) is 113. The molecule has 62 heavy (non-hydrogen) atoms. The average molecular weight is 874 g/mol. The first kappa shape index (κ1) is 45.6. The molecule has 0 amide bonds. The van der Waals surface area contributed by atoms with Gasteiger partial charge in [-0.25, -0.2) is 14.4 Å². The molecule has 2 N–H and O–H groups in total. The van der Waals surface area contributed by atoms with Gasteiger partial charge in [0.05, 0.1) is 17.7 Å². The third-order valence-corrected chi connectivity index (χ3v) is 12.3. The van der Waals surface area contributed by atoms with Gasteiger partial charge in [-0.1, -0.05) is 6.92 Å². The number of aromatic nitrogens is 1. The van der Waals surface area contributed by atoms with Crippen LogP contribution in [0.5, 0.6) is 0 Å². The molecule has 2 aromatic rings. The van der Waals surface area contributed by atoms with Gasteiger partial charge < -0.3 is 57.3 Å². The second kappa shape index (κ2) is 16.1. The van der Waals surface area contributed by atoms with Gasteiger partial charge in [0.25, 0.3) is 0 Å². The Labute approximate surface area is 353 Å². The number of fused-ring (bicyclic) bond motifs is 5. The number of rotatable bonds is 8. The second-order valence-corrected chi connectivity index (χ2v) is 16.4. The fourth-order valence-electron chi connectivity index (χ4n) is 9.68. The van der Waals surface area contributed by atoms with E-state index in [-0.39, 0.29) is 11.1 Å². The van der Waals surface area contributed by atoms with E-state index in [1.807, 2.05) is 0 Å². The van der Waals surface area contributed by atoms with E-state index in [9.17, 15) is 48.6 Å². The van der Waals surface area contributed by atoms with Gasteiger partial charge >= 0.3 is 47.8 Å². The zero-order valence-corrected chi connectivity index (χ0v) is 35.2. The van der Waals surface area contributed by atoms with Crippen molar-refractivity contribution in [2.24, 2.45) is 11.3 Å². The third-order valence-electron chi connectivity index (χ3n) is 12.3. The molecule has 4 heterocycles. The van der Waals surface area contributed by atoms with E-state index in [1.165, 1.54) is 38.2 Å². The first-order chi connectivity index (χ1) is 28.9. The van der Waals surface area contributed by atoms with E-state index < -0.39 is 143 Å². The van der Waals surface area contributed by atoms with Crippen molar-refractivity contribution < 1.29 is 95.6 Å². The Morgan fingerprint density at radius 3 is 1.97 bits per heavy atom. The smallest absolute Gasteiger partial charge is 0.374 e. The van der Waals surface area contributed by atoms with Gasteiger partial charge in [0, 0.05) is 52.9 Å². The highest BCUT2D eigenvalue weighted by atomic mass is 16.7.